The van der Waals surface area contributed by atoms with Crippen LogP contribution in [-0.4, -0.2) is 22.4 Å². The third-order valence-corrected chi connectivity index (χ3v) is 5.10. The molecule has 2 aromatic carbocycles. The molecule has 0 fully saturated rings. The summed E-state index contributed by atoms with van der Waals surface area (Å²) >= 11 is 6.19. The van der Waals surface area contributed by atoms with E-state index in [0.717, 1.165) is 31.5 Å². The van der Waals surface area contributed by atoms with Gasteiger partial charge >= 0.3 is 12.1 Å². The lowest BCUT2D eigenvalue weighted by molar-refractivity contribution is -0.152. The topological polar surface area (TPSA) is 53.4 Å². The number of hydrogen-bond acceptors (Lipinski definition) is 4. The molecule has 176 valence electrons. The molecule has 33 heavy (non-hydrogen) atoms. The molecule has 3 rings (SSSR count). The third-order valence-electron chi connectivity index (χ3n) is 4.86. The second-order valence-electron chi connectivity index (χ2n) is 7.33. The zero-order valence-electron chi connectivity index (χ0n) is 18.2. The van der Waals surface area contributed by atoms with Crippen LogP contribution in [0, 0.1) is 0 Å². The summed E-state index contributed by atoms with van der Waals surface area (Å²) < 4.78 is 52.6. The van der Waals surface area contributed by atoms with Crippen LogP contribution in [0.4, 0.5) is 13.2 Å². The zero-order valence-corrected chi connectivity index (χ0v) is 19.0. The molecule has 3 aromatic rings. The molecule has 0 amide bonds. The molecule has 0 radical (unpaired) electrons. The fourth-order valence-electron chi connectivity index (χ4n) is 3.23. The number of aryl methyl sites for hydroxylation is 1. The zero-order chi connectivity index (χ0) is 24.0. The molecule has 0 aliphatic rings. The number of ether oxygens (including phenoxy) is 2. The molecule has 1 heterocycles. The summed E-state index contributed by atoms with van der Waals surface area (Å²) in [6, 6.07) is 11.0. The summed E-state index contributed by atoms with van der Waals surface area (Å²) in [4.78, 5) is 12.7. The molecule has 0 aliphatic heterocycles. The standard InChI is InChI=1S/C24H24ClF3N2O3/c1-3-5-12-30-13-11-20(29-30)19-15-18(25)9-10-21(19)33-22(23(31)32-4-2)16-7-6-8-17(14-16)24(26,27)28/h6-11,13-15,22H,3-5,12H2,1-2H3. The molecular formula is C24H24ClF3N2O3. The Morgan fingerprint density at radius 2 is 1.94 bits per heavy atom. The molecular weight excluding hydrogens is 457 g/mol. The van der Waals surface area contributed by atoms with Crippen LogP contribution in [0.2, 0.25) is 5.02 Å². The first-order valence-corrected chi connectivity index (χ1v) is 10.9. The fourth-order valence-corrected chi connectivity index (χ4v) is 3.40. The van der Waals surface area contributed by atoms with Crippen molar-refractivity contribution in [2.75, 3.05) is 6.61 Å². The van der Waals surface area contributed by atoms with Gasteiger partial charge in [-0.3, -0.25) is 4.68 Å². The lowest BCUT2D eigenvalue weighted by Crippen LogP contribution is -2.22. The normalized spacial score (nSPS) is 12.4. The number of rotatable bonds is 9. The van der Waals surface area contributed by atoms with Crippen LogP contribution in [0.3, 0.4) is 0 Å². The average Bonchev–Trinajstić information content (AvgIpc) is 3.25. The molecule has 5 nitrogen and oxygen atoms in total. The Morgan fingerprint density at radius 1 is 1.15 bits per heavy atom. The number of carbonyl (C=O) groups excluding carboxylic acids is 1. The van der Waals surface area contributed by atoms with Gasteiger partial charge in [0.25, 0.3) is 0 Å². The molecule has 1 unspecified atom stereocenters. The van der Waals surface area contributed by atoms with Crippen LogP contribution in [0.1, 0.15) is 43.9 Å². The number of halogens is 4. The number of alkyl halides is 3. The van der Waals surface area contributed by atoms with E-state index in [-0.39, 0.29) is 17.9 Å². The average molecular weight is 481 g/mol. The van der Waals surface area contributed by atoms with E-state index >= 15 is 0 Å². The van der Waals surface area contributed by atoms with Crippen LogP contribution >= 0.6 is 11.6 Å². The minimum Gasteiger partial charge on any atom is -0.473 e. The third kappa shape index (κ3) is 6.28. The highest BCUT2D eigenvalue weighted by atomic mass is 35.5. The fraction of sp³-hybridized carbons (Fsp3) is 0.333. The van der Waals surface area contributed by atoms with Crippen LogP contribution in [0.5, 0.6) is 5.75 Å². The maximum absolute atomic E-state index is 13.2. The van der Waals surface area contributed by atoms with E-state index in [1.54, 1.807) is 35.9 Å². The second kappa shape index (κ2) is 10.7. The first-order chi connectivity index (χ1) is 15.7. The number of unbranched alkanes of at least 4 members (excludes halogenated alkanes) is 1. The van der Waals surface area contributed by atoms with E-state index in [0.29, 0.717) is 16.3 Å². The Balaban J connectivity index is 2.00. The summed E-state index contributed by atoms with van der Waals surface area (Å²) in [5.74, 6) is -0.554. The van der Waals surface area contributed by atoms with Gasteiger partial charge < -0.3 is 9.47 Å². The molecule has 9 heteroatoms. The highest BCUT2D eigenvalue weighted by Crippen LogP contribution is 2.36. The Kier molecular flexibility index (Phi) is 8.02. The molecule has 0 spiro atoms. The monoisotopic (exact) mass is 480 g/mol. The lowest BCUT2D eigenvalue weighted by atomic mass is 10.0. The van der Waals surface area contributed by atoms with Gasteiger partial charge in [0.15, 0.2) is 0 Å². The van der Waals surface area contributed by atoms with Crippen molar-refractivity contribution < 1.29 is 27.4 Å². The van der Waals surface area contributed by atoms with Crippen molar-refractivity contribution in [2.45, 2.75) is 45.5 Å². The van der Waals surface area contributed by atoms with Gasteiger partial charge in [0, 0.05) is 28.9 Å². The highest BCUT2D eigenvalue weighted by molar-refractivity contribution is 6.31. The van der Waals surface area contributed by atoms with E-state index in [2.05, 4.69) is 12.0 Å². The molecule has 0 N–H and O–H groups in total. The molecule has 1 aromatic heterocycles. The molecule has 0 aliphatic carbocycles. The molecule has 0 saturated carbocycles. The van der Waals surface area contributed by atoms with Gasteiger partial charge in [0.05, 0.1) is 17.9 Å². The Labute approximate surface area is 195 Å². The van der Waals surface area contributed by atoms with Crippen molar-refractivity contribution >= 4 is 17.6 Å². The second-order valence-corrected chi connectivity index (χ2v) is 7.77. The van der Waals surface area contributed by atoms with Crippen LogP contribution in [0.15, 0.2) is 54.7 Å². The highest BCUT2D eigenvalue weighted by Gasteiger charge is 2.33. The first kappa shape index (κ1) is 24.6. The van der Waals surface area contributed by atoms with Crippen molar-refractivity contribution in [2.24, 2.45) is 0 Å². The lowest BCUT2D eigenvalue weighted by Gasteiger charge is -2.20. The molecule has 0 bridgehead atoms. The predicted octanol–water partition coefficient (Wildman–Crippen LogP) is 6.71. The SMILES string of the molecule is CCCCn1ccc(-c2cc(Cl)ccc2OC(C(=O)OCC)c2cccc(C(F)(F)F)c2)n1. The van der Waals surface area contributed by atoms with Crippen molar-refractivity contribution in [1.82, 2.24) is 9.78 Å². The quantitative estimate of drug-likeness (QED) is 0.319. The molecule has 0 saturated heterocycles. The van der Waals surface area contributed by atoms with Crippen molar-refractivity contribution in [3.05, 3.63) is 70.9 Å². The van der Waals surface area contributed by atoms with E-state index < -0.39 is 23.8 Å². The minimum atomic E-state index is -4.56. The Hall–Kier alpha value is -3.00. The molecule has 1 atom stereocenters. The summed E-state index contributed by atoms with van der Waals surface area (Å²) in [5.41, 5.74) is 0.218. The maximum atomic E-state index is 13.2. The van der Waals surface area contributed by atoms with Gasteiger partial charge in [-0.2, -0.15) is 18.3 Å². The number of esters is 1. The number of nitrogens with zero attached hydrogens (tertiary/aromatic N) is 2. The van der Waals surface area contributed by atoms with Gasteiger partial charge in [-0.25, -0.2) is 4.79 Å². The Morgan fingerprint density at radius 3 is 2.64 bits per heavy atom. The first-order valence-electron chi connectivity index (χ1n) is 10.6. The number of benzene rings is 2. The van der Waals surface area contributed by atoms with Crippen LogP contribution in [-0.2, 0) is 22.3 Å². The number of aromatic nitrogens is 2. The summed E-state index contributed by atoms with van der Waals surface area (Å²) in [6.07, 6.45) is -2.18. The summed E-state index contributed by atoms with van der Waals surface area (Å²) in [5, 5.41) is 4.96. The van der Waals surface area contributed by atoms with E-state index in [1.807, 2.05) is 6.20 Å². The van der Waals surface area contributed by atoms with Gasteiger partial charge in [0.2, 0.25) is 6.10 Å². The predicted molar refractivity (Wildman–Crippen MR) is 119 cm³/mol. The largest absolute Gasteiger partial charge is 0.473 e. The van der Waals surface area contributed by atoms with Crippen molar-refractivity contribution in [3.8, 4) is 17.0 Å². The van der Waals surface area contributed by atoms with Gasteiger partial charge in [-0.15, -0.1) is 0 Å². The van der Waals surface area contributed by atoms with E-state index in [1.165, 1.54) is 12.1 Å². The van der Waals surface area contributed by atoms with E-state index in [9.17, 15) is 18.0 Å². The van der Waals surface area contributed by atoms with Crippen LogP contribution in [0.25, 0.3) is 11.3 Å². The van der Waals surface area contributed by atoms with Gasteiger partial charge in [0.1, 0.15) is 5.75 Å². The number of hydrogen-bond donors (Lipinski definition) is 0. The van der Waals surface area contributed by atoms with Crippen molar-refractivity contribution in [3.63, 3.8) is 0 Å². The summed E-state index contributed by atoms with van der Waals surface area (Å²) in [6.45, 7) is 4.48. The van der Waals surface area contributed by atoms with Gasteiger partial charge in [-0.1, -0.05) is 37.1 Å². The number of carbonyl (C=O) groups is 1. The maximum Gasteiger partial charge on any atom is 0.416 e. The van der Waals surface area contributed by atoms with Gasteiger partial charge in [-0.05, 0) is 49.7 Å². The van der Waals surface area contributed by atoms with Crippen molar-refractivity contribution in [1.29, 1.82) is 0 Å². The summed E-state index contributed by atoms with van der Waals surface area (Å²) in [7, 11) is 0. The smallest absolute Gasteiger partial charge is 0.416 e. The van der Waals surface area contributed by atoms with E-state index in [4.69, 9.17) is 21.1 Å². The minimum absolute atomic E-state index is 0.0256. The Bertz CT molecular complexity index is 1100. The van der Waals surface area contributed by atoms with Crippen LogP contribution < -0.4 is 4.74 Å².